The molecule has 4 aromatic rings. The zero-order valence-corrected chi connectivity index (χ0v) is 18.1. The van der Waals surface area contributed by atoms with Gasteiger partial charge in [0.2, 0.25) is 5.91 Å². The highest BCUT2D eigenvalue weighted by Gasteiger charge is 2.30. The number of thioether (sulfide) groups is 1. The first-order valence-electron chi connectivity index (χ1n) is 10.5. The quantitative estimate of drug-likeness (QED) is 0.351. The predicted octanol–water partition coefficient (Wildman–Crippen LogP) is 5.32. The van der Waals surface area contributed by atoms with Crippen molar-refractivity contribution in [2.24, 2.45) is 0 Å². The van der Waals surface area contributed by atoms with E-state index in [9.17, 15) is 4.79 Å². The van der Waals surface area contributed by atoms with Crippen LogP contribution in [0, 0.1) is 0 Å². The van der Waals surface area contributed by atoms with Gasteiger partial charge in [-0.25, -0.2) is 0 Å². The molecule has 1 aliphatic carbocycles. The number of furan rings is 1. The van der Waals surface area contributed by atoms with Crippen LogP contribution in [-0.4, -0.2) is 26.4 Å². The van der Waals surface area contributed by atoms with Gasteiger partial charge in [0.15, 0.2) is 5.16 Å². The Balaban J connectivity index is 1.22. The van der Waals surface area contributed by atoms with Crippen molar-refractivity contribution in [3.63, 3.8) is 0 Å². The minimum Gasteiger partial charge on any atom is -0.467 e. The number of anilines is 1. The molecule has 0 atom stereocenters. The van der Waals surface area contributed by atoms with Gasteiger partial charge in [-0.05, 0) is 49.2 Å². The Kier molecular flexibility index (Phi) is 5.93. The number of hydrogen-bond acceptors (Lipinski definition) is 6. The van der Waals surface area contributed by atoms with Crippen molar-refractivity contribution in [2.75, 3.05) is 11.1 Å². The molecule has 32 heavy (non-hydrogen) atoms. The SMILES string of the molecule is O=C(CSc1nnc(C2CC2)n1Cc1ccco1)Nc1cccc(Oc2ccccc2)c1. The number of amides is 1. The van der Waals surface area contributed by atoms with E-state index in [1.54, 1.807) is 12.3 Å². The summed E-state index contributed by atoms with van der Waals surface area (Å²) in [5.74, 6) is 3.77. The Labute approximate surface area is 189 Å². The molecule has 2 aromatic heterocycles. The van der Waals surface area contributed by atoms with E-state index >= 15 is 0 Å². The molecule has 1 saturated carbocycles. The summed E-state index contributed by atoms with van der Waals surface area (Å²) in [6.45, 7) is 0.564. The average Bonchev–Trinajstić information content (AvgIpc) is 3.36. The molecule has 0 bridgehead atoms. The summed E-state index contributed by atoms with van der Waals surface area (Å²) in [5, 5.41) is 12.4. The highest BCUT2D eigenvalue weighted by molar-refractivity contribution is 7.99. The van der Waals surface area contributed by atoms with Crippen LogP contribution in [0.4, 0.5) is 5.69 Å². The molecule has 0 unspecified atom stereocenters. The van der Waals surface area contributed by atoms with Crippen molar-refractivity contribution in [2.45, 2.75) is 30.5 Å². The summed E-state index contributed by atoms with van der Waals surface area (Å²) < 4.78 is 13.4. The Morgan fingerprint density at radius 1 is 1.06 bits per heavy atom. The summed E-state index contributed by atoms with van der Waals surface area (Å²) in [7, 11) is 0. The molecule has 2 aromatic carbocycles. The number of carbonyl (C=O) groups is 1. The van der Waals surface area contributed by atoms with Gasteiger partial charge in [0.25, 0.3) is 0 Å². The smallest absolute Gasteiger partial charge is 0.234 e. The fourth-order valence-corrected chi connectivity index (χ4v) is 4.09. The number of aromatic nitrogens is 3. The van der Waals surface area contributed by atoms with E-state index in [0.29, 0.717) is 23.9 Å². The Morgan fingerprint density at radius 3 is 2.69 bits per heavy atom. The maximum absolute atomic E-state index is 12.6. The third kappa shape index (κ3) is 5.03. The predicted molar refractivity (Wildman–Crippen MR) is 122 cm³/mol. The second-order valence-corrected chi connectivity index (χ2v) is 8.50. The zero-order chi connectivity index (χ0) is 21.8. The first kappa shape index (κ1) is 20.4. The molecule has 0 aliphatic heterocycles. The van der Waals surface area contributed by atoms with E-state index in [4.69, 9.17) is 9.15 Å². The largest absolute Gasteiger partial charge is 0.467 e. The Morgan fingerprint density at radius 2 is 1.91 bits per heavy atom. The summed E-state index contributed by atoms with van der Waals surface area (Å²) in [6.07, 6.45) is 3.91. The molecule has 7 nitrogen and oxygen atoms in total. The number of benzene rings is 2. The van der Waals surface area contributed by atoms with Crippen LogP contribution in [0.3, 0.4) is 0 Å². The topological polar surface area (TPSA) is 82.2 Å². The van der Waals surface area contributed by atoms with Crippen LogP contribution < -0.4 is 10.1 Å². The molecule has 162 valence electrons. The second kappa shape index (κ2) is 9.32. The van der Waals surface area contributed by atoms with E-state index in [1.165, 1.54) is 11.8 Å². The fraction of sp³-hybridized carbons (Fsp3) is 0.208. The van der Waals surface area contributed by atoms with Gasteiger partial charge in [-0.1, -0.05) is 36.0 Å². The number of hydrogen-bond donors (Lipinski definition) is 1. The van der Waals surface area contributed by atoms with Crippen LogP contribution >= 0.6 is 11.8 Å². The molecular formula is C24H22N4O3S. The van der Waals surface area contributed by atoms with E-state index in [-0.39, 0.29) is 11.7 Å². The number of nitrogens with one attached hydrogen (secondary N) is 1. The first-order valence-corrected chi connectivity index (χ1v) is 11.4. The van der Waals surface area contributed by atoms with Crippen molar-refractivity contribution < 1.29 is 13.9 Å². The lowest BCUT2D eigenvalue weighted by molar-refractivity contribution is -0.113. The molecular weight excluding hydrogens is 424 g/mol. The fourth-order valence-electron chi connectivity index (χ4n) is 3.35. The van der Waals surface area contributed by atoms with Crippen LogP contribution in [0.5, 0.6) is 11.5 Å². The maximum Gasteiger partial charge on any atom is 0.234 e. The van der Waals surface area contributed by atoms with Gasteiger partial charge >= 0.3 is 0 Å². The molecule has 0 radical (unpaired) electrons. The zero-order valence-electron chi connectivity index (χ0n) is 17.3. The van der Waals surface area contributed by atoms with Crippen LogP contribution in [0.25, 0.3) is 0 Å². The molecule has 8 heteroatoms. The summed E-state index contributed by atoms with van der Waals surface area (Å²) in [4.78, 5) is 12.6. The van der Waals surface area contributed by atoms with Crippen LogP contribution in [-0.2, 0) is 11.3 Å². The third-order valence-electron chi connectivity index (χ3n) is 5.01. The molecule has 1 N–H and O–H groups in total. The highest BCUT2D eigenvalue weighted by Crippen LogP contribution is 2.40. The molecule has 1 amide bonds. The number of rotatable bonds is 9. The van der Waals surface area contributed by atoms with E-state index in [1.807, 2.05) is 60.7 Å². The molecule has 2 heterocycles. The van der Waals surface area contributed by atoms with Gasteiger partial charge in [-0.3, -0.25) is 9.36 Å². The first-order chi connectivity index (χ1) is 15.7. The number of para-hydroxylation sites is 1. The lowest BCUT2D eigenvalue weighted by Gasteiger charge is -2.10. The van der Waals surface area contributed by atoms with Gasteiger partial charge in [0.05, 0.1) is 18.6 Å². The Bertz CT molecular complexity index is 1190. The minimum absolute atomic E-state index is 0.118. The molecule has 0 saturated heterocycles. The van der Waals surface area contributed by atoms with Crippen LogP contribution in [0.15, 0.2) is 82.6 Å². The standard InChI is InChI=1S/C24H22N4O3S/c29-22(25-18-6-4-9-20(14-18)31-19-7-2-1-3-8-19)16-32-24-27-26-23(17-11-12-17)28(24)15-21-10-5-13-30-21/h1-10,13-14,17H,11-12,15-16H2,(H,25,29). The molecule has 5 rings (SSSR count). The van der Waals surface area contributed by atoms with Crippen molar-refractivity contribution in [3.8, 4) is 11.5 Å². The molecule has 1 fully saturated rings. The minimum atomic E-state index is -0.118. The van der Waals surface area contributed by atoms with Crippen LogP contribution in [0.1, 0.15) is 30.3 Å². The lowest BCUT2D eigenvalue weighted by atomic mass is 10.3. The van der Waals surface area contributed by atoms with E-state index < -0.39 is 0 Å². The molecule has 1 aliphatic rings. The van der Waals surface area contributed by atoms with Gasteiger partial charge in [-0.15, -0.1) is 10.2 Å². The monoisotopic (exact) mass is 446 g/mol. The van der Waals surface area contributed by atoms with Crippen molar-refractivity contribution in [1.82, 2.24) is 14.8 Å². The number of ether oxygens (including phenoxy) is 1. The third-order valence-corrected chi connectivity index (χ3v) is 5.98. The summed E-state index contributed by atoms with van der Waals surface area (Å²) in [5.41, 5.74) is 0.680. The van der Waals surface area contributed by atoms with Gasteiger partial charge in [-0.2, -0.15) is 0 Å². The number of carbonyl (C=O) groups excluding carboxylic acids is 1. The van der Waals surface area contributed by atoms with E-state index in [0.717, 1.165) is 35.3 Å². The van der Waals surface area contributed by atoms with Crippen molar-refractivity contribution in [1.29, 1.82) is 0 Å². The maximum atomic E-state index is 12.6. The van der Waals surface area contributed by atoms with Crippen molar-refractivity contribution >= 4 is 23.4 Å². The number of nitrogens with zero attached hydrogens (tertiary/aromatic N) is 3. The van der Waals surface area contributed by atoms with Crippen molar-refractivity contribution in [3.05, 3.63) is 84.6 Å². The molecule has 0 spiro atoms. The lowest BCUT2D eigenvalue weighted by Crippen LogP contribution is -2.15. The van der Waals surface area contributed by atoms with E-state index in [2.05, 4.69) is 20.1 Å². The highest BCUT2D eigenvalue weighted by atomic mass is 32.2. The normalized spacial score (nSPS) is 13.1. The average molecular weight is 447 g/mol. The second-order valence-electron chi connectivity index (χ2n) is 7.56. The Hall–Kier alpha value is -3.52. The van der Waals surface area contributed by atoms with Gasteiger partial charge in [0.1, 0.15) is 23.1 Å². The van der Waals surface area contributed by atoms with Crippen LogP contribution in [0.2, 0.25) is 0 Å². The van der Waals surface area contributed by atoms with Gasteiger partial charge in [0, 0.05) is 17.7 Å². The van der Waals surface area contributed by atoms with Gasteiger partial charge < -0.3 is 14.5 Å². The summed E-state index contributed by atoms with van der Waals surface area (Å²) in [6, 6.07) is 20.7. The summed E-state index contributed by atoms with van der Waals surface area (Å²) >= 11 is 1.37.